The molecule has 0 spiro atoms. The van der Waals surface area contributed by atoms with Gasteiger partial charge in [-0.3, -0.25) is 4.79 Å². The van der Waals surface area contributed by atoms with Gasteiger partial charge in [-0.15, -0.1) is 11.3 Å². The number of nitrogens with one attached hydrogen (secondary N) is 1. The van der Waals surface area contributed by atoms with Crippen LogP contribution in [0.4, 0.5) is 0 Å². The van der Waals surface area contributed by atoms with Crippen LogP contribution in [0.5, 0.6) is 0 Å². The summed E-state index contributed by atoms with van der Waals surface area (Å²) in [6.07, 6.45) is 3.87. The van der Waals surface area contributed by atoms with E-state index in [0.29, 0.717) is 12.2 Å². The summed E-state index contributed by atoms with van der Waals surface area (Å²) in [5, 5.41) is 6.61. The Balaban J connectivity index is 1.74. The molecule has 0 radical (unpaired) electrons. The summed E-state index contributed by atoms with van der Waals surface area (Å²) in [4.78, 5) is 19.0. The highest BCUT2D eigenvalue weighted by molar-refractivity contribution is 7.88. The van der Waals surface area contributed by atoms with Crippen molar-refractivity contribution in [3.05, 3.63) is 27.9 Å². The van der Waals surface area contributed by atoms with Crippen molar-refractivity contribution in [1.29, 1.82) is 0 Å². The van der Waals surface area contributed by atoms with Gasteiger partial charge in [-0.25, -0.2) is 18.1 Å². The second-order valence-corrected chi connectivity index (χ2v) is 9.29. The molecule has 9 heteroatoms. The van der Waals surface area contributed by atoms with Crippen molar-refractivity contribution in [2.24, 2.45) is 0 Å². The number of carbonyl (C=O) groups is 1. The number of nitrogens with zero attached hydrogens (tertiary/aromatic N) is 2. The topological polar surface area (TPSA) is 79.4 Å². The van der Waals surface area contributed by atoms with Gasteiger partial charge in [-0.2, -0.15) is 11.3 Å². The van der Waals surface area contributed by atoms with Gasteiger partial charge in [-0.05, 0) is 30.7 Å². The van der Waals surface area contributed by atoms with Gasteiger partial charge in [0.2, 0.25) is 10.0 Å². The lowest BCUT2D eigenvalue weighted by Crippen LogP contribution is -2.49. The van der Waals surface area contributed by atoms with Gasteiger partial charge in [0, 0.05) is 35.5 Å². The van der Waals surface area contributed by atoms with Gasteiger partial charge >= 0.3 is 0 Å². The molecule has 1 aliphatic rings. The number of carbonyl (C=O) groups excluding carboxylic acids is 1. The van der Waals surface area contributed by atoms with Crippen LogP contribution in [0, 0.1) is 0 Å². The molecule has 1 N–H and O–H groups in total. The zero-order chi connectivity index (χ0) is 17.2. The summed E-state index contributed by atoms with van der Waals surface area (Å²) in [6.45, 7) is 0.895. The minimum absolute atomic E-state index is 0.118. The molecule has 1 fully saturated rings. The average Bonchev–Trinajstić information content (AvgIpc) is 3.22. The number of rotatable bonds is 5. The Labute approximate surface area is 149 Å². The highest BCUT2D eigenvalue weighted by Gasteiger charge is 2.29. The molecule has 2 aromatic rings. The van der Waals surface area contributed by atoms with Crippen molar-refractivity contribution in [2.75, 3.05) is 19.3 Å². The van der Waals surface area contributed by atoms with Crippen molar-refractivity contribution in [1.82, 2.24) is 14.6 Å². The molecule has 24 heavy (non-hydrogen) atoms. The largest absolute Gasteiger partial charge is 0.333 e. The number of likely N-dealkylation sites (tertiary alicyclic amines) is 1. The van der Waals surface area contributed by atoms with E-state index in [1.54, 1.807) is 21.6 Å². The zero-order valence-corrected chi connectivity index (χ0v) is 15.7. The van der Waals surface area contributed by atoms with Gasteiger partial charge in [0.1, 0.15) is 10.7 Å². The summed E-state index contributed by atoms with van der Waals surface area (Å²) >= 11 is 3.05. The van der Waals surface area contributed by atoms with E-state index in [2.05, 4.69) is 9.71 Å². The lowest BCUT2D eigenvalue weighted by molar-refractivity contribution is 0.0613. The van der Waals surface area contributed by atoms with E-state index in [1.165, 1.54) is 11.3 Å². The fourth-order valence-electron chi connectivity index (χ4n) is 2.77. The van der Waals surface area contributed by atoms with Crippen molar-refractivity contribution in [3.63, 3.8) is 0 Å². The average molecular weight is 386 g/mol. The SMILES string of the molecule is CS(=O)(=O)NC[C@@H]1CCCCN1C(=O)c1csc(-c2ccsc2)n1. The molecule has 0 unspecified atom stereocenters. The maximum atomic E-state index is 12.8. The summed E-state index contributed by atoms with van der Waals surface area (Å²) in [5.41, 5.74) is 1.46. The third-order valence-electron chi connectivity index (χ3n) is 3.96. The van der Waals surface area contributed by atoms with Gasteiger partial charge < -0.3 is 4.90 Å². The van der Waals surface area contributed by atoms with Crippen LogP contribution in [-0.4, -0.2) is 49.6 Å². The molecule has 1 atom stereocenters. The number of hydrogen-bond acceptors (Lipinski definition) is 6. The molecule has 1 aliphatic heterocycles. The quantitative estimate of drug-likeness (QED) is 0.857. The molecule has 0 saturated carbocycles. The number of sulfonamides is 1. The second-order valence-electron chi connectivity index (χ2n) is 5.82. The monoisotopic (exact) mass is 385 g/mol. The number of thiophene rings is 1. The van der Waals surface area contributed by atoms with Gasteiger partial charge in [-0.1, -0.05) is 0 Å². The molecule has 0 bridgehead atoms. The number of amides is 1. The number of aromatic nitrogens is 1. The Kier molecular flexibility index (Phi) is 5.33. The van der Waals surface area contributed by atoms with Gasteiger partial charge in [0.25, 0.3) is 5.91 Å². The third kappa shape index (κ3) is 4.21. The summed E-state index contributed by atoms with van der Waals surface area (Å²) in [5.74, 6) is -0.118. The third-order valence-corrected chi connectivity index (χ3v) is 6.23. The first-order valence-electron chi connectivity index (χ1n) is 7.68. The Morgan fingerprint density at radius 2 is 2.25 bits per heavy atom. The van der Waals surface area contributed by atoms with E-state index in [0.717, 1.165) is 36.1 Å². The van der Waals surface area contributed by atoms with Gasteiger partial charge in [0.15, 0.2) is 0 Å². The smallest absolute Gasteiger partial charge is 0.273 e. The number of hydrogen-bond donors (Lipinski definition) is 1. The van der Waals surface area contributed by atoms with E-state index in [4.69, 9.17) is 0 Å². The Bertz CT molecular complexity index is 799. The van der Waals surface area contributed by atoms with Crippen molar-refractivity contribution in [3.8, 4) is 10.6 Å². The van der Waals surface area contributed by atoms with Crippen LogP contribution in [0.3, 0.4) is 0 Å². The highest BCUT2D eigenvalue weighted by Crippen LogP contribution is 2.27. The van der Waals surface area contributed by atoms with Crippen LogP contribution in [0.25, 0.3) is 10.6 Å². The van der Waals surface area contributed by atoms with E-state index >= 15 is 0 Å². The lowest BCUT2D eigenvalue weighted by atomic mass is 10.0. The molecule has 2 aromatic heterocycles. The van der Waals surface area contributed by atoms with Crippen LogP contribution in [-0.2, 0) is 10.0 Å². The fourth-order valence-corrected chi connectivity index (χ4v) is 4.77. The van der Waals surface area contributed by atoms with Crippen molar-refractivity contribution >= 4 is 38.6 Å². The van der Waals surface area contributed by atoms with Crippen molar-refractivity contribution < 1.29 is 13.2 Å². The minimum Gasteiger partial charge on any atom is -0.333 e. The molecular formula is C15H19N3O3S3. The molecule has 6 nitrogen and oxygen atoms in total. The zero-order valence-electron chi connectivity index (χ0n) is 13.3. The lowest BCUT2D eigenvalue weighted by Gasteiger charge is -2.35. The first-order valence-corrected chi connectivity index (χ1v) is 11.4. The maximum absolute atomic E-state index is 12.8. The summed E-state index contributed by atoms with van der Waals surface area (Å²) in [7, 11) is -3.26. The molecule has 1 saturated heterocycles. The van der Waals surface area contributed by atoms with Crippen LogP contribution in [0.2, 0.25) is 0 Å². The predicted octanol–water partition coefficient (Wildman–Crippen LogP) is 2.42. The first kappa shape index (κ1) is 17.5. The maximum Gasteiger partial charge on any atom is 0.273 e. The van der Waals surface area contributed by atoms with E-state index < -0.39 is 10.0 Å². The molecule has 1 amide bonds. The number of thiazole rings is 1. The molecular weight excluding hydrogens is 366 g/mol. The Morgan fingerprint density at radius 3 is 2.96 bits per heavy atom. The highest BCUT2D eigenvalue weighted by atomic mass is 32.2. The predicted molar refractivity (Wildman–Crippen MR) is 96.9 cm³/mol. The molecule has 0 aromatic carbocycles. The van der Waals surface area contributed by atoms with E-state index in [-0.39, 0.29) is 18.5 Å². The molecule has 130 valence electrons. The Hall–Kier alpha value is -1.29. The second kappa shape index (κ2) is 7.30. The Morgan fingerprint density at radius 1 is 1.42 bits per heavy atom. The van der Waals surface area contributed by atoms with Crippen LogP contribution < -0.4 is 4.72 Å². The summed E-state index contributed by atoms with van der Waals surface area (Å²) in [6, 6.07) is 1.87. The fraction of sp³-hybridized carbons (Fsp3) is 0.467. The van der Waals surface area contributed by atoms with Crippen LogP contribution in [0.1, 0.15) is 29.8 Å². The van der Waals surface area contributed by atoms with Crippen LogP contribution >= 0.6 is 22.7 Å². The summed E-state index contributed by atoms with van der Waals surface area (Å²) < 4.78 is 25.2. The molecule has 3 rings (SSSR count). The van der Waals surface area contributed by atoms with Crippen molar-refractivity contribution in [2.45, 2.75) is 25.3 Å². The molecule has 0 aliphatic carbocycles. The molecule has 3 heterocycles. The van der Waals surface area contributed by atoms with E-state index in [9.17, 15) is 13.2 Å². The standard InChI is InChI=1S/C15H19N3O3S3/c1-24(20,21)16-8-12-4-2-3-6-18(12)15(19)13-10-23-14(17-13)11-5-7-22-9-11/h5,7,9-10,12,16H,2-4,6,8H2,1H3/t12-/m0/s1. The minimum atomic E-state index is -3.26. The normalized spacial score (nSPS) is 18.7. The van der Waals surface area contributed by atoms with Crippen LogP contribution in [0.15, 0.2) is 22.2 Å². The van der Waals surface area contributed by atoms with Gasteiger partial charge in [0.05, 0.1) is 6.26 Å². The number of piperidine rings is 1. The van der Waals surface area contributed by atoms with E-state index in [1.807, 2.05) is 16.8 Å². The first-order chi connectivity index (χ1) is 11.4.